The van der Waals surface area contributed by atoms with Gasteiger partial charge in [0.25, 0.3) is 0 Å². The van der Waals surface area contributed by atoms with Crippen LogP contribution in [0.5, 0.6) is 0 Å². The fourth-order valence-corrected chi connectivity index (χ4v) is 3.72. The van der Waals surface area contributed by atoms with E-state index < -0.39 is 0 Å². The number of likely N-dealkylation sites (N-methyl/N-ethyl adjacent to an activating group) is 2. The molecule has 0 spiro atoms. The highest BCUT2D eigenvalue weighted by atomic mass is 15.2. The zero-order valence-corrected chi connectivity index (χ0v) is 12.3. The summed E-state index contributed by atoms with van der Waals surface area (Å²) in [4.78, 5) is 5.08. The summed E-state index contributed by atoms with van der Waals surface area (Å²) in [6.45, 7) is 2.48. The van der Waals surface area contributed by atoms with Crippen LogP contribution in [-0.2, 0) is 0 Å². The molecule has 1 saturated carbocycles. The van der Waals surface area contributed by atoms with Crippen LogP contribution >= 0.6 is 0 Å². The first-order valence-electron chi connectivity index (χ1n) is 7.84. The molecule has 2 N–H and O–H groups in total. The van der Waals surface area contributed by atoms with Crippen LogP contribution in [0.1, 0.15) is 51.4 Å². The van der Waals surface area contributed by atoms with E-state index in [9.17, 15) is 0 Å². The molecule has 0 bridgehead atoms. The lowest BCUT2D eigenvalue weighted by Crippen LogP contribution is -2.50. The highest BCUT2D eigenvalue weighted by Gasteiger charge is 2.28. The standard InChI is InChI=1S/C15H31N3/c1-17-11-7-8-13(17)12-18(2)15-10-6-4-3-5-9-14(15)16/h13-15H,3-12,16H2,1-2H3. The molecule has 0 amide bonds. The smallest absolute Gasteiger partial charge is 0.0244 e. The summed E-state index contributed by atoms with van der Waals surface area (Å²) in [5.41, 5.74) is 6.40. The number of likely N-dealkylation sites (tertiary alicyclic amines) is 1. The van der Waals surface area contributed by atoms with Gasteiger partial charge in [-0.2, -0.15) is 0 Å². The van der Waals surface area contributed by atoms with Crippen molar-refractivity contribution in [3.05, 3.63) is 0 Å². The molecule has 2 fully saturated rings. The third-order valence-corrected chi connectivity index (χ3v) is 5.02. The monoisotopic (exact) mass is 253 g/mol. The molecule has 1 heterocycles. The van der Waals surface area contributed by atoms with Crippen LogP contribution < -0.4 is 5.73 Å². The molecule has 0 aromatic carbocycles. The average molecular weight is 253 g/mol. The molecule has 3 nitrogen and oxygen atoms in total. The van der Waals surface area contributed by atoms with Crippen molar-refractivity contribution < 1.29 is 0 Å². The second-order valence-corrected chi connectivity index (χ2v) is 6.44. The Morgan fingerprint density at radius 2 is 1.78 bits per heavy atom. The van der Waals surface area contributed by atoms with Gasteiger partial charge >= 0.3 is 0 Å². The number of nitrogens with zero attached hydrogens (tertiary/aromatic N) is 2. The highest BCUT2D eigenvalue weighted by molar-refractivity contribution is 4.86. The van der Waals surface area contributed by atoms with Crippen LogP contribution in [0, 0.1) is 0 Å². The summed E-state index contributed by atoms with van der Waals surface area (Å²) in [6, 6.07) is 1.76. The van der Waals surface area contributed by atoms with Crippen molar-refractivity contribution in [1.29, 1.82) is 0 Å². The Balaban J connectivity index is 1.86. The first-order chi connectivity index (χ1) is 8.68. The van der Waals surface area contributed by atoms with Crippen molar-refractivity contribution in [2.75, 3.05) is 27.2 Å². The second-order valence-electron chi connectivity index (χ2n) is 6.44. The first kappa shape index (κ1) is 14.3. The molecule has 0 radical (unpaired) electrons. The molecule has 18 heavy (non-hydrogen) atoms. The van der Waals surface area contributed by atoms with E-state index in [1.54, 1.807) is 0 Å². The number of nitrogens with two attached hydrogens (primary N) is 1. The number of rotatable bonds is 3. The molecular formula is C15H31N3. The lowest BCUT2D eigenvalue weighted by molar-refractivity contribution is 0.142. The molecule has 2 aliphatic rings. The zero-order chi connectivity index (χ0) is 13.0. The summed E-state index contributed by atoms with van der Waals surface area (Å²) in [5.74, 6) is 0. The Morgan fingerprint density at radius 1 is 1.06 bits per heavy atom. The van der Waals surface area contributed by atoms with E-state index in [1.807, 2.05) is 0 Å². The fraction of sp³-hybridized carbons (Fsp3) is 1.00. The van der Waals surface area contributed by atoms with E-state index in [1.165, 1.54) is 64.5 Å². The van der Waals surface area contributed by atoms with E-state index in [4.69, 9.17) is 5.73 Å². The minimum absolute atomic E-state index is 0.391. The van der Waals surface area contributed by atoms with Gasteiger partial charge in [0, 0.05) is 24.7 Å². The van der Waals surface area contributed by atoms with Gasteiger partial charge in [0.1, 0.15) is 0 Å². The second kappa shape index (κ2) is 6.88. The zero-order valence-electron chi connectivity index (χ0n) is 12.3. The quantitative estimate of drug-likeness (QED) is 0.835. The van der Waals surface area contributed by atoms with Crippen molar-refractivity contribution in [2.45, 2.75) is 69.5 Å². The predicted octanol–water partition coefficient (Wildman–Crippen LogP) is 2.06. The van der Waals surface area contributed by atoms with E-state index in [2.05, 4.69) is 23.9 Å². The van der Waals surface area contributed by atoms with Crippen molar-refractivity contribution in [2.24, 2.45) is 5.73 Å². The minimum Gasteiger partial charge on any atom is -0.326 e. The van der Waals surface area contributed by atoms with Gasteiger partial charge in [-0.1, -0.05) is 25.7 Å². The van der Waals surface area contributed by atoms with Crippen molar-refractivity contribution in [3.8, 4) is 0 Å². The van der Waals surface area contributed by atoms with E-state index in [0.717, 1.165) is 6.04 Å². The van der Waals surface area contributed by atoms with Gasteiger partial charge in [0.2, 0.25) is 0 Å². The Kier molecular flexibility index (Phi) is 5.46. The van der Waals surface area contributed by atoms with E-state index in [-0.39, 0.29) is 0 Å². The minimum atomic E-state index is 0.391. The van der Waals surface area contributed by atoms with Crippen molar-refractivity contribution in [1.82, 2.24) is 9.80 Å². The van der Waals surface area contributed by atoms with Crippen LogP contribution in [0.4, 0.5) is 0 Å². The molecule has 1 saturated heterocycles. The van der Waals surface area contributed by atoms with Crippen LogP contribution in [0.3, 0.4) is 0 Å². The van der Waals surface area contributed by atoms with Crippen LogP contribution in [-0.4, -0.2) is 55.1 Å². The van der Waals surface area contributed by atoms with Gasteiger partial charge in [0.15, 0.2) is 0 Å². The largest absolute Gasteiger partial charge is 0.326 e. The molecule has 3 unspecified atom stereocenters. The summed E-state index contributed by atoms with van der Waals surface area (Å²) < 4.78 is 0. The topological polar surface area (TPSA) is 32.5 Å². The molecule has 3 heteroatoms. The molecule has 106 valence electrons. The predicted molar refractivity (Wildman–Crippen MR) is 77.7 cm³/mol. The van der Waals surface area contributed by atoms with Gasteiger partial charge in [-0.15, -0.1) is 0 Å². The van der Waals surface area contributed by atoms with Gasteiger partial charge in [-0.3, -0.25) is 0 Å². The Bertz CT molecular complexity index is 244. The summed E-state index contributed by atoms with van der Waals surface area (Å²) in [6.07, 6.45) is 10.7. The van der Waals surface area contributed by atoms with Crippen LogP contribution in [0.2, 0.25) is 0 Å². The average Bonchev–Trinajstić information content (AvgIpc) is 2.70. The highest BCUT2D eigenvalue weighted by Crippen LogP contribution is 2.22. The Morgan fingerprint density at radius 3 is 2.44 bits per heavy atom. The maximum atomic E-state index is 6.40. The summed E-state index contributed by atoms with van der Waals surface area (Å²) >= 11 is 0. The molecule has 1 aliphatic carbocycles. The third kappa shape index (κ3) is 3.69. The number of hydrogen-bond donors (Lipinski definition) is 1. The molecule has 0 aromatic heterocycles. The fourth-order valence-electron chi connectivity index (χ4n) is 3.72. The normalized spacial score (nSPS) is 35.7. The van der Waals surface area contributed by atoms with Crippen LogP contribution in [0.25, 0.3) is 0 Å². The summed E-state index contributed by atoms with van der Waals surface area (Å²) in [7, 11) is 4.56. The molecule has 0 aromatic rings. The maximum Gasteiger partial charge on any atom is 0.0244 e. The maximum absolute atomic E-state index is 6.40. The number of hydrogen-bond acceptors (Lipinski definition) is 3. The molecular weight excluding hydrogens is 222 g/mol. The van der Waals surface area contributed by atoms with Crippen molar-refractivity contribution >= 4 is 0 Å². The summed E-state index contributed by atoms with van der Waals surface area (Å²) in [5, 5.41) is 0. The van der Waals surface area contributed by atoms with Gasteiger partial charge in [0.05, 0.1) is 0 Å². The third-order valence-electron chi connectivity index (χ3n) is 5.02. The Labute approximate surface area is 113 Å². The van der Waals surface area contributed by atoms with Gasteiger partial charge in [-0.25, -0.2) is 0 Å². The molecule has 1 aliphatic heterocycles. The Hall–Kier alpha value is -0.120. The van der Waals surface area contributed by atoms with Crippen molar-refractivity contribution in [3.63, 3.8) is 0 Å². The van der Waals surface area contributed by atoms with Gasteiger partial charge < -0.3 is 15.5 Å². The van der Waals surface area contributed by atoms with Gasteiger partial charge in [-0.05, 0) is 46.3 Å². The SMILES string of the molecule is CN1CCCC1CN(C)C1CCCCCCC1N. The van der Waals surface area contributed by atoms with Crippen LogP contribution in [0.15, 0.2) is 0 Å². The molecule has 3 atom stereocenters. The molecule has 2 rings (SSSR count). The van der Waals surface area contributed by atoms with E-state index >= 15 is 0 Å². The first-order valence-corrected chi connectivity index (χ1v) is 7.84. The lowest BCUT2D eigenvalue weighted by Gasteiger charge is -2.36. The lowest BCUT2D eigenvalue weighted by atomic mass is 9.91. The van der Waals surface area contributed by atoms with E-state index in [0.29, 0.717) is 12.1 Å².